The number of piperidine rings is 1. The molecule has 1 fully saturated rings. The second-order valence-electron chi connectivity index (χ2n) is 8.60. The molecule has 0 aliphatic carbocycles. The summed E-state index contributed by atoms with van der Waals surface area (Å²) < 4.78 is 63.2. The average Bonchev–Trinajstić information content (AvgIpc) is 3.38. The van der Waals surface area contributed by atoms with Gasteiger partial charge in [0.15, 0.2) is 5.82 Å². The monoisotopic (exact) mass is 492 g/mol. The van der Waals surface area contributed by atoms with Crippen molar-refractivity contribution in [3.8, 4) is 17.0 Å². The minimum absolute atomic E-state index is 0.0232. The first-order chi connectivity index (χ1) is 16.8. The van der Waals surface area contributed by atoms with Crippen LogP contribution in [0.15, 0.2) is 24.4 Å². The molecule has 0 saturated carbocycles. The Morgan fingerprint density at radius 2 is 2.11 bits per heavy atom. The summed E-state index contributed by atoms with van der Waals surface area (Å²) >= 11 is 0. The third-order valence-corrected chi connectivity index (χ3v) is 6.17. The minimum Gasteiger partial charge on any atom is -0.479 e. The third kappa shape index (κ3) is 4.47. The van der Waals surface area contributed by atoms with Crippen LogP contribution in [-0.4, -0.2) is 80.4 Å². The molecule has 1 aliphatic heterocycles. The van der Waals surface area contributed by atoms with Gasteiger partial charge in [0.1, 0.15) is 17.2 Å². The van der Waals surface area contributed by atoms with Crippen molar-refractivity contribution in [1.82, 2.24) is 34.5 Å². The van der Waals surface area contributed by atoms with Gasteiger partial charge in [-0.1, -0.05) is 11.3 Å². The number of hydrogen-bond acceptors (Lipinski definition) is 7. The first-order valence-corrected chi connectivity index (χ1v) is 11.2. The Bertz CT molecular complexity index is 1360. The Labute approximate surface area is 197 Å². The SMILES string of the molecule is COc1nc(N[C@@H]2CCN(C)C[C@@H]2F)nn2cc(F)c(-c3ccc4nnn(CCC(F)F)c4c3)c12. The molecule has 4 heterocycles. The molecule has 1 aromatic carbocycles. The van der Waals surface area contributed by atoms with Gasteiger partial charge >= 0.3 is 0 Å². The van der Waals surface area contributed by atoms with Crippen LogP contribution in [0.25, 0.3) is 27.7 Å². The van der Waals surface area contributed by atoms with Gasteiger partial charge in [-0.25, -0.2) is 26.8 Å². The molecule has 0 bridgehead atoms. The van der Waals surface area contributed by atoms with Crippen LogP contribution in [0.2, 0.25) is 0 Å². The summed E-state index contributed by atoms with van der Waals surface area (Å²) in [4.78, 5) is 6.27. The molecule has 0 unspecified atom stereocenters. The average molecular weight is 492 g/mol. The Morgan fingerprint density at radius 1 is 1.29 bits per heavy atom. The lowest BCUT2D eigenvalue weighted by Gasteiger charge is -2.32. The van der Waals surface area contributed by atoms with Gasteiger partial charge in [-0.3, -0.25) is 0 Å². The predicted octanol–water partition coefficient (Wildman–Crippen LogP) is 3.40. The maximum Gasteiger partial charge on any atom is 0.244 e. The fraction of sp³-hybridized carbons (Fsp3) is 0.455. The molecule has 1 aliphatic rings. The van der Waals surface area contributed by atoms with E-state index in [9.17, 15) is 13.2 Å². The van der Waals surface area contributed by atoms with Crippen LogP contribution < -0.4 is 10.1 Å². The van der Waals surface area contributed by atoms with Crippen molar-refractivity contribution >= 4 is 22.5 Å². The number of aryl methyl sites for hydroxylation is 1. The molecule has 9 nitrogen and oxygen atoms in total. The number of benzene rings is 1. The summed E-state index contributed by atoms with van der Waals surface area (Å²) in [5, 5.41) is 15.3. The molecule has 4 aromatic rings. The number of anilines is 1. The van der Waals surface area contributed by atoms with Crippen LogP contribution in [-0.2, 0) is 6.54 Å². The highest BCUT2D eigenvalue weighted by Crippen LogP contribution is 2.35. The molecule has 0 amide bonds. The fourth-order valence-electron chi connectivity index (χ4n) is 4.39. The van der Waals surface area contributed by atoms with E-state index in [0.717, 1.165) is 6.54 Å². The summed E-state index contributed by atoms with van der Waals surface area (Å²) in [5.41, 5.74) is 1.91. The molecule has 1 saturated heterocycles. The van der Waals surface area contributed by atoms with Crippen molar-refractivity contribution in [3.05, 3.63) is 30.2 Å². The van der Waals surface area contributed by atoms with Gasteiger partial charge in [0.2, 0.25) is 18.3 Å². The molecule has 35 heavy (non-hydrogen) atoms. The van der Waals surface area contributed by atoms with Gasteiger partial charge in [0.05, 0.1) is 30.4 Å². The highest BCUT2D eigenvalue weighted by atomic mass is 19.3. The van der Waals surface area contributed by atoms with Crippen molar-refractivity contribution < 1.29 is 22.3 Å². The van der Waals surface area contributed by atoms with E-state index >= 15 is 4.39 Å². The molecule has 1 N–H and O–H groups in total. The molecular formula is C22H24F4N8O. The van der Waals surface area contributed by atoms with Crippen molar-refractivity contribution in [2.75, 3.05) is 32.6 Å². The van der Waals surface area contributed by atoms with Crippen molar-refractivity contribution in [1.29, 1.82) is 0 Å². The summed E-state index contributed by atoms with van der Waals surface area (Å²) in [6, 6.07) is 4.46. The number of likely N-dealkylation sites (tertiary alicyclic amines) is 1. The van der Waals surface area contributed by atoms with E-state index < -0.39 is 24.5 Å². The van der Waals surface area contributed by atoms with E-state index in [0.29, 0.717) is 29.6 Å². The lowest BCUT2D eigenvalue weighted by molar-refractivity contribution is 0.130. The second-order valence-corrected chi connectivity index (χ2v) is 8.60. The van der Waals surface area contributed by atoms with E-state index in [-0.39, 0.29) is 35.9 Å². The third-order valence-electron chi connectivity index (χ3n) is 6.17. The van der Waals surface area contributed by atoms with Gasteiger partial charge in [0, 0.05) is 26.1 Å². The Balaban J connectivity index is 1.53. The van der Waals surface area contributed by atoms with Crippen LogP contribution in [0, 0.1) is 5.82 Å². The maximum atomic E-state index is 15.2. The number of ether oxygens (including phenoxy) is 1. The Hall–Kier alpha value is -3.48. The lowest BCUT2D eigenvalue weighted by Crippen LogP contribution is -2.46. The molecule has 0 radical (unpaired) electrons. The first kappa shape index (κ1) is 23.3. The van der Waals surface area contributed by atoms with Crippen LogP contribution >= 0.6 is 0 Å². The molecular weight excluding hydrogens is 468 g/mol. The Kier molecular flexibility index (Phi) is 6.17. The normalized spacial score (nSPS) is 19.2. The van der Waals surface area contributed by atoms with Crippen molar-refractivity contribution in [3.63, 3.8) is 0 Å². The number of hydrogen-bond donors (Lipinski definition) is 1. The number of nitrogens with zero attached hydrogens (tertiary/aromatic N) is 7. The van der Waals surface area contributed by atoms with Crippen molar-refractivity contribution in [2.45, 2.75) is 38.0 Å². The standard InChI is InChI=1S/C22H24F4N8O/c1-32-7-5-15(13(23)10-32)27-22-28-21(35-2)20-19(14(24)11-34(20)30-22)12-3-4-16-17(9-12)33(31-29-16)8-6-18(25)26/h3-4,9,11,13,15,18H,5-8,10H2,1-2H3,(H,27,30)/t13-,15+/m0/s1. The quantitative estimate of drug-likeness (QED) is 0.396. The van der Waals surface area contributed by atoms with E-state index in [1.807, 2.05) is 11.9 Å². The smallest absolute Gasteiger partial charge is 0.244 e. The Morgan fingerprint density at radius 3 is 2.86 bits per heavy atom. The van der Waals surface area contributed by atoms with E-state index in [4.69, 9.17) is 4.74 Å². The molecule has 13 heteroatoms. The predicted molar refractivity (Wildman–Crippen MR) is 121 cm³/mol. The number of aromatic nitrogens is 6. The zero-order chi connectivity index (χ0) is 24.7. The number of rotatable bonds is 7. The molecule has 3 aromatic heterocycles. The second kappa shape index (κ2) is 9.29. The molecule has 2 atom stereocenters. The molecule has 186 valence electrons. The summed E-state index contributed by atoms with van der Waals surface area (Å²) in [7, 11) is 3.26. The highest BCUT2D eigenvalue weighted by Gasteiger charge is 2.29. The number of alkyl halides is 3. The zero-order valence-electron chi connectivity index (χ0n) is 19.1. The summed E-state index contributed by atoms with van der Waals surface area (Å²) in [5.74, 6) is -0.352. The topological polar surface area (TPSA) is 85.4 Å². The summed E-state index contributed by atoms with van der Waals surface area (Å²) in [6.45, 7) is 1.00. The maximum absolute atomic E-state index is 15.2. The highest BCUT2D eigenvalue weighted by molar-refractivity contribution is 5.89. The molecule has 0 spiro atoms. The van der Waals surface area contributed by atoms with E-state index in [1.165, 1.54) is 22.5 Å². The van der Waals surface area contributed by atoms with E-state index in [1.54, 1.807) is 18.2 Å². The number of halogens is 4. The van der Waals surface area contributed by atoms with Crippen LogP contribution in [0.4, 0.5) is 23.5 Å². The van der Waals surface area contributed by atoms with Gasteiger partial charge in [-0.2, -0.15) is 4.98 Å². The summed E-state index contributed by atoms with van der Waals surface area (Å²) in [6.07, 6.45) is -2.19. The first-order valence-electron chi connectivity index (χ1n) is 11.2. The number of nitrogens with one attached hydrogen (secondary N) is 1. The number of fused-ring (bicyclic) bond motifs is 2. The number of methoxy groups -OCH3 is 1. The van der Waals surface area contributed by atoms with Gasteiger partial charge in [-0.05, 0) is 31.2 Å². The van der Waals surface area contributed by atoms with Crippen molar-refractivity contribution in [2.24, 2.45) is 0 Å². The minimum atomic E-state index is -2.48. The van der Waals surface area contributed by atoms with Crippen LogP contribution in [0.1, 0.15) is 12.8 Å². The van der Waals surface area contributed by atoms with Crippen LogP contribution in [0.3, 0.4) is 0 Å². The largest absolute Gasteiger partial charge is 0.479 e. The van der Waals surface area contributed by atoms with E-state index in [2.05, 4.69) is 25.7 Å². The van der Waals surface area contributed by atoms with Gasteiger partial charge < -0.3 is 15.0 Å². The van der Waals surface area contributed by atoms with Gasteiger partial charge in [-0.15, -0.1) is 10.2 Å². The van der Waals surface area contributed by atoms with Gasteiger partial charge in [0.25, 0.3) is 0 Å². The van der Waals surface area contributed by atoms with Crippen LogP contribution in [0.5, 0.6) is 5.88 Å². The fourth-order valence-corrected chi connectivity index (χ4v) is 4.39. The lowest BCUT2D eigenvalue weighted by atomic mass is 10.0. The molecule has 5 rings (SSSR count). The zero-order valence-corrected chi connectivity index (χ0v) is 19.1.